The Hall–Kier alpha value is -1.52. The van der Waals surface area contributed by atoms with Gasteiger partial charge in [0.25, 0.3) is 0 Å². The summed E-state index contributed by atoms with van der Waals surface area (Å²) in [6.45, 7) is 0.342. The van der Waals surface area contributed by atoms with Gasteiger partial charge in [0.2, 0.25) is 0 Å². The van der Waals surface area contributed by atoms with Crippen LogP contribution in [0.2, 0.25) is 0 Å². The van der Waals surface area contributed by atoms with Crippen LogP contribution in [-0.4, -0.2) is 12.8 Å². The van der Waals surface area contributed by atoms with Crippen LogP contribution in [-0.2, 0) is 0 Å². The third-order valence-electron chi connectivity index (χ3n) is 2.79. The van der Waals surface area contributed by atoms with E-state index in [2.05, 4.69) is 0 Å². The van der Waals surface area contributed by atoms with Crippen LogP contribution in [0, 0.1) is 5.82 Å². The molecule has 0 aliphatic carbocycles. The smallest absolute Gasteiger partial charge is 0.136 e. The minimum absolute atomic E-state index is 0.260. The Morgan fingerprint density at radius 2 is 1.84 bits per heavy atom. The van der Waals surface area contributed by atoms with Gasteiger partial charge >= 0.3 is 0 Å². The highest BCUT2D eigenvalue weighted by atomic mass is 32.2. The van der Waals surface area contributed by atoms with Gasteiger partial charge in [-0.2, -0.15) is 0 Å². The summed E-state index contributed by atoms with van der Waals surface area (Å²) in [5.74, 6) is 0.541. The van der Waals surface area contributed by atoms with E-state index in [1.54, 1.807) is 23.9 Å². The van der Waals surface area contributed by atoms with Crippen molar-refractivity contribution in [1.82, 2.24) is 0 Å². The molecule has 19 heavy (non-hydrogen) atoms. The molecular formula is C15H16FNOS. The Morgan fingerprint density at radius 1 is 1.16 bits per heavy atom. The zero-order chi connectivity index (χ0) is 13.7. The monoisotopic (exact) mass is 277 g/mol. The van der Waals surface area contributed by atoms with Crippen molar-refractivity contribution in [1.29, 1.82) is 0 Å². The van der Waals surface area contributed by atoms with E-state index in [1.807, 2.05) is 30.5 Å². The van der Waals surface area contributed by atoms with E-state index in [0.717, 1.165) is 16.2 Å². The normalized spacial score (nSPS) is 12.2. The van der Waals surface area contributed by atoms with Gasteiger partial charge in [-0.1, -0.05) is 24.3 Å². The summed E-state index contributed by atoms with van der Waals surface area (Å²) in [6.07, 6.45) is 1.73. The molecule has 0 amide bonds. The van der Waals surface area contributed by atoms with Crippen molar-refractivity contribution in [3.63, 3.8) is 0 Å². The molecule has 1 unspecified atom stereocenters. The van der Waals surface area contributed by atoms with E-state index in [1.165, 1.54) is 12.1 Å². The number of halogens is 1. The number of hydrogen-bond acceptors (Lipinski definition) is 3. The maximum Gasteiger partial charge on any atom is 0.136 e. The van der Waals surface area contributed by atoms with Crippen LogP contribution in [0.5, 0.6) is 5.75 Å². The predicted molar refractivity (Wildman–Crippen MR) is 77.0 cm³/mol. The molecule has 2 aromatic rings. The molecule has 0 aromatic heterocycles. The molecule has 4 heteroatoms. The predicted octanol–water partition coefficient (Wildman–Crippen LogP) is 3.63. The van der Waals surface area contributed by atoms with Crippen molar-refractivity contribution < 1.29 is 9.13 Å². The van der Waals surface area contributed by atoms with Crippen LogP contribution in [0.1, 0.15) is 11.7 Å². The summed E-state index contributed by atoms with van der Waals surface area (Å²) in [4.78, 5) is 1.06. The summed E-state index contributed by atoms with van der Waals surface area (Å²) >= 11 is 1.62. The molecule has 0 bridgehead atoms. The fourth-order valence-electron chi connectivity index (χ4n) is 1.80. The van der Waals surface area contributed by atoms with Crippen LogP contribution >= 0.6 is 11.8 Å². The Labute approximate surface area is 116 Å². The standard InChI is InChI=1S/C15H16FNOS/c1-19-15-5-3-2-4-13(15)18-14(10-17)11-6-8-12(16)9-7-11/h2-9,14H,10,17H2,1H3. The summed E-state index contributed by atoms with van der Waals surface area (Å²) < 4.78 is 18.9. The van der Waals surface area contributed by atoms with Gasteiger partial charge in [-0.3, -0.25) is 0 Å². The first-order valence-electron chi connectivity index (χ1n) is 6.00. The fraction of sp³-hybridized carbons (Fsp3) is 0.200. The maximum absolute atomic E-state index is 12.9. The molecule has 0 aliphatic rings. The molecule has 100 valence electrons. The third kappa shape index (κ3) is 3.49. The molecule has 2 nitrogen and oxygen atoms in total. The van der Waals surface area contributed by atoms with Gasteiger partial charge in [-0.05, 0) is 36.1 Å². The second-order valence-corrected chi connectivity index (χ2v) is 4.89. The van der Waals surface area contributed by atoms with E-state index in [0.29, 0.717) is 6.54 Å². The number of para-hydroxylation sites is 1. The number of rotatable bonds is 5. The lowest BCUT2D eigenvalue weighted by molar-refractivity contribution is 0.209. The van der Waals surface area contributed by atoms with Crippen LogP contribution in [0.4, 0.5) is 4.39 Å². The van der Waals surface area contributed by atoms with Crippen molar-refractivity contribution >= 4 is 11.8 Å². The molecule has 0 radical (unpaired) electrons. The van der Waals surface area contributed by atoms with Crippen molar-refractivity contribution in [2.24, 2.45) is 5.73 Å². The molecule has 0 fully saturated rings. The lowest BCUT2D eigenvalue weighted by atomic mass is 10.1. The molecule has 0 spiro atoms. The first kappa shape index (κ1) is 13.9. The second-order valence-electron chi connectivity index (χ2n) is 4.04. The minimum Gasteiger partial charge on any atom is -0.483 e. The summed E-state index contributed by atoms with van der Waals surface area (Å²) in [5, 5.41) is 0. The number of ether oxygens (including phenoxy) is 1. The quantitative estimate of drug-likeness (QED) is 0.848. The number of hydrogen-bond donors (Lipinski definition) is 1. The Bertz CT molecular complexity index is 530. The summed E-state index contributed by atoms with van der Waals surface area (Å²) in [6, 6.07) is 14.0. The number of thioether (sulfide) groups is 1. The van der Waals surface area contributed by atoms with E-state index in [4.69, 9.17) is 10.5 Å². The minimum atomic E-state index is -0.270. The fourth-order valence-corrected chi connectivity index (χ4v) is 2.33. The Morgan fingerprint density at radius 3 is 2.47 bits per heavy atom. The Kier molecular flexibility index (Phi) is 4.82. The van der Waals surface area contributed by atoms with E-state index >= 15 is 0 Å². The second kappa shape index (κ2) is 6.59. The SMILES string of the molecule is CSc1ccccc1OC(CN)c1ccc(F)cc1. The van der Waals surface area contributed by atoms with Crippen LogP contribution in [0.15, 0.2) is 53.4 Å². The lowest BCUT2D eigenvalue weighted by Gasteiger charge is -2.19. The average molecular weight is 277 g/mol. The molecule has 0 saturated carbocycles. The van der Waals surface area contributed by atoms with E-state index in [9.17, 15) is 4.39 Å². The first-order chi connectivity index (χ1) is 9.24. The molecule has 2 N–H and O–H groups in total. The lowest BCUT2D eigenvalue weighted by Crippen LogP contribution is -2.18. The topological polar surface area (TPSA) is 35.2 Å². The van der Waals surface area contributed by atoms with Gasteiger partial charge in [0, 0.05) is 11.4 Å². The highest BCUT2D eigenvalue weighted by Crippen LogP contribution is 2.30. The third-order valence-corrected chi connectivity index (χ3v) is 3.57. The Balaban J connectivity index is 2.21. The van der Waals surface area contributed by atoms with Gasteiger partial charge in [0.15, 0.2) is 0 Å². The molecule has 2 aromatic carbocycles. The van der Waals surface area contributed by atoms with Crippen LogP contribution < -0.4 is 10.5 Å². The molecule has 2 rings (SSSR count). The molecule has 0 saturated heterocycles. The number of nitrogens with two attached hydrogens (primary N) is 1. The van der Waals surface area contributed by atoms with Crippen molar-refractivity contribution in [2.45, 2.75) is 11.0 Å². The van der Waals surface area contributed by atoms with E-state index < -0.39 is 0 Å². The largest absolute Gasteiger partial charge is 0.483 e. The van der Waals surface area contributed by atoms with Gasteiger partial charge in [-0.15, -0.1) is 11.8 Å². The van der Waals surface area contributed by atoms with Crippen molar-refractivity contribution in [2.75, 3.05) is 12.8 Å². The summed E-state index contributed by atoms with van der Waals surface area (Å²) in [7, 11) is 0. The van der Waals surface area contributed by atoms with Crippen molar-refractivity contribution in [3.05, 3.63) is 59.9 Å². The zero-order valence-corrected chi connectivity index (χ0v) is 11.5. The molecular weight excluding hydrogens is 261 g/mol. The molecule has 1 atom stereocenters. The highest BCUT2D eigenvalue weighted by molar-refractivity contribution is 7.98. The van der Waals surface area contributed by atoms with Gasteiger partial charge in [0.05, 0.1) is 0 Å². The number of benzene rings is 2. The molecule has 0 aliphatic heterocycles. The van der Waals surface area contributed by atoms with Crippen molar-refractivity contribution in [3.8, 4) is 5.75 Å². The van der Waals surface area contributed by atoms with E-state index in [-0.39, 0.29) is 11.9 Å². The van der Waals surface area contributed by atoms with Gasteiger partial charge in [-0.25, -0.2) is 4.39 Å². The first-order valence-corrected chi connectivity index (χ1v) is 7.22. The zero-order valence-electron chi connectivity index (χ0n) is 10.7. The van der Waals surface area contributed by atoms with Gasteiger partial charge in [0.1, 0.15) is 17.7 Å². The van der Waals surface area contributed by atoms with Gasteiger partial charge < -0.3 is 10.5 Å². The summed E-state index contributed by atoms with van der Waals surface area (Å²) in [5.41, 5.74) is 6.63. The molecule has 0 heterocycles. The van der Waals surface area contributed by atoms with Crippen LogP contribution in [0.25, 0.3) is 0 Å². The average Bonchev–Trinajstić information content (AvgIpc) is 2.46. The highest BCUT2D eigenvalue weighted by Gasteiger charge is 2.13. The van der Waals surface area contributed by atoms with Crippen LogP contribution in [0.3, 0.4) is 0 Å². The maximum atomic E-state index is 12.9.